The fourth-order valence-electron chi connectivity index (χ4n) is 6.91. The second kappa shape index (κ2) is 13.0. The molecule has 3 aliphatic rings. The first-order chi connectivity index (χ1) is 23.6. The molecule has 13 heteroatoms. The summed E-state index contributed by atoms with van der Waals surface area (Å²) in [7, 11) is 1.91. The van der Waals surface area contributed by atoms with Crippen LogP contribution in [0.5, 0.6) is 5.75 Å². The van der Waals surface area contributed by atoms with Gasteiger partial charge < -0.3 is 28.9 Å². The Morgan fingerprint density at radius 2 is 1.84 bits per heavy atom. The van der Waals surface area contributed by atoms with Crippen LogP contribution in [0.4, 0.5) is 4.39 Å². The molecule has 2 unspecified atom stereocenters. The van der Waals surface area contributed by atoms with E-state index in [0.29, 0.717) is 47.7 Å². The number of para-hydroxylation sites is 1. The smallest absolute Gasteiger partial charge is 0.337 e. The number of carbonyl (C=O) groups is 2. The number of hydrogen-bond acceptors (Lipinski definition) is 7. The van der Waals surface area contributed by atoms with Crippen molar-refractivity contribution in [1.29, 1.82) is 0 Å². The minimum absolute atomic E-state index is 0.0280. The number of nitrogens with zero attached hydrogens (tertiary/aromatic N) is 5. The van der Waals surface area contributed by atoms with Crippen molar-refractivity contribution in [3.63, 3.8) is 0 Å². The fraction of sp³-hybridized carbons (Fsp3) is 0.278. The molecule has 0 spiro atoms. The number of carbonyl (C=O) groups excluding carboxylic acids is 1. The Bertz CT molecular complexity index is 2070. The number of imidazole rings is 1. The molecule has 7 rings (SSSR count). The van der Waals surface area contributed by atoms with Crippen molar-refractivity contribution >= 4 is 51.7 Å². The summed E-state index contributed by atoms with van der Waals surface area (Å²) in [5, 5.41) is 10.2. The number of morpholine rings is 1. The summed E-state index contributed by atoms with van der Waals surface area (Å²) in [6.45, 7) is 6.60. The number of aliphatic carboxylic acids is 1. The molecule has 0 radical (unpaired) electrons. The molecule has 3 aliphatic heterocycles. The number of benzene rings is 2. The standard InChI is InChI=1S/C36H32Cl2FN5O5/c1-19(36(46)47)30(44-24-7-8-25(44)17-48-16-24)11-23(12-39)26-6-4-5-21-15-43(18-49-34(21)26)35(45)32-28(37)9-22(10-29(32)38)27-13-40-14-31-33(27)41-20(2)42(31)3/h4-6,9-14,24-25H,1,7-8,15-18H2,2-3H3,(H,46,47)/b23-12-,30-11+. The second-order valence-electron chi connectivity index (χ2n) is 12.4. The van der Waals surface area contributed by atoms with E-state index >= 15 is 0 Å². The molecule has 49 heavy (non-hydrogen) atoms. The Kier molecular flexibility index (Phi) is 8.68. The predicted molar refractivity (Wildman–Crippen MR) is 184 cm³/mol. The van der Waals surface area contributed by atoms with E-state index < -0.39 is 11.9 Å². The van der Waals surface area contributed by atoms with E-state index in [2.05, 4.69) is 16.5 Å². The maximum Gasteiger partial charge on any atom is 0.337 e. The van der Waals surface area contributed by atoms with Gasteiger partial charge in [-0.1, -0.05) is 48.0 Å². The first-order valence-electron chi connectivity index (χ1n) is 15.7. The number of fused-ring (bicyclic) bond motifs is 4. The van der Waals surface area contributed by atoms with E-state index in [4.69, 9.17) is 32.7 Å². The first-order valence-corrected chi connectivity index (χ1v) is 16.4. The lowest BCUT2D eigenvalue weighted by molar-refractivity contribution is -0.132. The van der Waals surface area contributed by atoms with Gasteiger partial charge in [0.2, 0.25) is 0 Å². The maximum absolute atomic E-state index is 14.7. The van der Waals surface area contributed by atoms with Gasteiger partial charge in [0.1, 0.15) is 11.6 Å². The van der Waals surface area contributed by atoms with Gasteiger partial charge in [-0.3, -0.25) is 9.78 Å². The third-order valence-electron chi connectivity index (χ3n) is 9.50. The zero-order chi connectivity index (χ0) is 34.6. The molecular formula is C36H32Cl2FN5O5. The van der Waals surface area contributed by atoms with Crippen molar-refractivity contribution in [1.82, 2.24) is 24.3 Å². The zero-order valence-electron chi connectivity index (χ0n) is 26.8. The van der Waals surface area contributed by atoms with Gasteiger partial charge in [0.05, 0.1) is 82.3 Å². The summed E-state index contributed by atoms with van der Waals surface area (Å²) in [6.07, 6.45) is 7.04. The molecule has 2 aromatic carbocycles. The Balaban J connectivity index is 1.17. The number of aromatic nitrogens is 3. The highest BCUT2D eigenvalue weighted by molar-refractivity contribution is 6.40. The number of allylic oxidation sites excluding steroid dienone is 2. The molecule has 2 saturated heterocycles. The normalized spacial score (nSPS) is 19.2. The molecule has 1 N–H and O–H groups in total. The van der Waals surface area contributed by atoms with Gasteiger partial charge in [-0.2, -0.15) is 0 Å². The number of hydrogen-bond donors (Lipinski definition) is 1. The monoisotopic (exact) mass is 703 g/mol. The topological polar surface area (TPSA) is 110 Å². The van der Waals surface area contributed by atoms with E-state index in [0.717, 1.165) is 35.3 Å². The van der Waals surface area contributed by atoms with Crippen molar-refractivity contribution in [2.75, 3.05) is 19.9 Å². The van der Waals surface area contributed by atoms with Gasteiger partial charge in [0, 0.05) is 35.5 Å². The number of pyridine rings is 1. The fourth-order valence-corrected chi connectivity index (χ4v) is 7.56. The maximum atomic E-state index is 14.7. The number of carboxylic acid groups (broad SMARTS) is 1. The van der Waals surface area contributed by atoms with Gasteiger partial charge in [-0.15, -0.1) is 0 Å². The number of carboxylic acids is 1. The molecule has 252 valence electrons. The number of ether oxygens (including phenoxy) is 2. The summed E-state index contributed by atoms with van der Waals surface area (Å²) in [6, 6.07) is 8.50. The van der Waals surface area contributed by atoms with Crippen molar-refractivity contribution in [2.24, 2.45) is 7.05 Å². The van der Waals surface area contributed by atoms with Gasteiger partial charge in [-0.05, 0) is 43.5 Å². The van der Waals surface area contributed by atoms with Crippen LogP contribution in [-0.4, -0.2) is 73.3 Å². The summed E-state index contributed by atoms with van der Waals surface area (Å²) < 4.78 is 28.4. The number of aryl methyl sites for hydroxylation is 2. The van der Waals surface area contributed by atoms with E-state index in [1.807, 2.05) is 23.4 Å². The molecule has 10 nitrogen and oxygen atoms in total. The molecule has 5 heterocycles. The van der Waals surface area contributed by atoms with Crippen LogP contribution in [-0.2, 0) is 23.1 Å². The van der Waals surface area contributed by atoms with E-state index in [1.54, 1.807) is 42.7 Å². The van der Waals surface area contributed by atoms with E-state index in [9.17, 15) is 19.1 Å². The molecule has 2 atom stereocenters. The Morgan fingerprint density at radius 1 is 1.12 bits per heavy atom. The average molecular weight is 705 g/mol. The van der Waals surface area contributed by atoms with Crippen LogP contribution in [0.3, 0.4) is 0 Å². The Morgan fingerprint density at radius 3 is 2.51 bits per heavy atom. The van der Waals surface area contributed by atoms with Crippen molar-refractivity contribution in [2.45, 2.75) is 38.4 Å². The molecule has 0 aliphatic carbocycles. The lowest BCUT2D eigenvalue weighted by atomic mass is 9.98. The highest BCUT2D eigenvalue weighted by Crippen LogP contribution is 2.40. The van der Waals surface area contributed by atoms with Crippen LogP contribution in [0.2, 0.25) is 10.0 Å². The molecule has 4 aromatic rings. The molecule has 2 bridgehead atoms. The first kappa shape index (κ1) is 32.8. The SMILES string of the molecule is C=C(C(=O)O)/C(=C\C(=C\F)c1cccc2c1OCN(C(=O)c1c(Cl)cc(-c3cncc4c3nc(C)n4C)cc1Cl)C2)N1C2CCC1COC2. The van der Waals surface area contributed by atoms with Crippen LogP contribution in [0.15, 0.2) is 73.0 Å². The molecular weight excluding hydrogens is 672 g/mol. The van der Waals surface area contributed by atoms with Crippen LogP contribution >= 0.6 is 23.2 Å². The summed E-state index contributed by atoms with van der Waals surface area (Å²) in [5.41, 5.74) is 4.47. The quantitative estimate of drug-likeness (QED) is 0.163. The largest absolute Gasteiger partial charge is 0.478 e. The third kappa shape index (κ3) is 5.75. The van der Waals surface area contributed by atoms with Crippen LogP contribution in [0.1, 0.15) is 40.2 Å². The van der Waals surface area contributed by atoms with Gasteiger partial charge in [0.15, 0.2) is 6.73 Å². The zero-order valence-corrected chi connectivity index (χ0v) is 28.3. The van der Waals surface area contributed by atoms with Crippen LogP contribution < -0.4 is 4.74 Å². The highest BCUT2D eigenvalue weighted by Gasteiger charge is 2.40. The summed E-state index contributed by atoms with van der Waals surface area (Å²) >= 11 is 13.4. The Hall–Kier alpha value is -4.71. The second-order valence-corrected chi connectivity index (χ2v) is 13.2. The summed E-state index contributed by atoms with van der Waals surface area (Å²) in [4.78, 5) is 38.4. The van der Waals surface area contributed by atoms with Crippen molar-refractivity contribution in [3.05, 3.63) is 106 Å². The van der Waals surface area contributed by atoms with Crippen molar-refractivity contribution in [3.8, 4) is 16.9 Å². The average Bonchev–Trinajstić information content (AvgIpc) is 3.52. The third-order valence-corrected chi connectivity index (χ3v) is 10.1. The van der Waals surface area contributed by atoms with Crippen LogP contribution in [0, 0.1) is 6.92 Å². The summed E-state index contributed by atoms with van der Waals surface area (Å²) in [5.74, 6) is -0.425. The minimum atomic E-state index is -1.19. The lowest BCUT2D eigenvalue weighted by Crippen LogP contribution is -2.45. The predicted octanol–water partition coefficient (Wildman–Crippen LogP) is 6.94. The van der Waals surface area contributed by atoms with Crippen LogP contribution in [0.25, 0.3) is 27.7 Å². The number of rotatable bonds is 7. The van der Waals surface area contributed by atoms with Crippen molar-refractivity contribution < 1.29 is 28.6 Å². The highest BCUT2D eigenvalue weighted by atomic mass is 35.5. The Labute approximate surface area is 291 Å². The van der Waals surface area contributed by atoms with E-state index in [1.165, 1.54) is 11.0 Å². The molecule has 2 aromatic heterocycles. The van der Waals surface area contributed by atoms with Gasteiger partial charge in [-0.25, -0.2) is 14.2 Å². The van der Waals surface area contributed by atoms with E-state index in [-0.39, 0.29) is 52.1 Å². The van der Waals surface area contributed by atoms with Gasteiger partial charge in [0.25, 0.3) is 5.91 Å². The van der Waals surface area contributed by atoms with Gasteiger partial charge >= 0.3 is 5.97 Å². The molecule has 0 saturated carbocycles. The number of halogens is 3. The number of amides is 1. The molecule has 1 amide bonds. The lowest BCUT2D eigenvalue weighted by Gasteiger charge is -2.38. The molecule has 2 fully saturated rings. The minimum Gasteiger partial charge on any atom is -0.478 e.